The summed E-state index contributed by atoms with van der Waals surface area (Å²) in [4.78, 5) is 24.7. The van der Waals surface area contributed by atoms with Gasteiger partial charge in [-0.25, -0.2) is 0 Å². The van der Waals surface area contributed by atoms with E-state index in [-0.39, 0.29) is 30.1 Å². The molecule has 2 N–H and O–H groups in total. The molecule has 0 aromatic rings. The van der Waals surface area contributed by atoms with Crippen LogP contribution >= 0.6 is 0 Å². The van der Waals surface area contributed by atoms with Gasteiger partial charge in [-0.1, -0.05) is 25.2 Å². The zero-order valence-electron chi connectivity index (χ0n) is 14.9. The summed E-state index contributed by atoms with van der Waals surface area (Å²) in [7, 11) is 0. The number of fused-ring (bicyclic) bond motifs is 2. The zero-order chi connectivity index (χ0) is 18.2. The van der Waals surface area contributed by atoms with Crippen LogP contribution in [0.3, 0.4) is 0 Å². The quantitative estimate of drug-likeness (QED) is 0.568. The van der Waals surface area contributed by atoms with Crippen LogP contribution < -0.4 is 0 Å². The lowest BCUT2D eigenvalue weighted by Crippen LogP contribution is -2.54. The van der Waals surface area contributed by atoms with E-state index in [0.29, 0.717) is 12.3 Å². The number of allylic oxidation sites excluding steroid dienone is 3. The Bertz CT molecular complexity index is 609. The summed E-state index contributed by atoms with van der Waals surface area (Å²) in [5, 5.41) is 18.0. The molecule has 0 aromatic heterocycles. The molecule has 2 bridgehead atoms. The lowest BCUT2D eigenvalue weighted by atomic mass is 9.44. The lowest BCUT2D eigenvalue weighted by Gasteiger charge is -2.59. The third kappa shape index (κ3) is 3.20. The molecule has 4 aliphatic carbocycles. The van der Waals surface area contributed by atoms with Crippen molar-refractivity contribution in [3.63, 3.8) is 0 Å². The summed E-state index contributed by atoms with van der Waals surface area (Å²) in [5.41, 5.74) is 0.773. The summed E-state index contributed by atoms with van der Waals surface area (Å²) in [6.07, 6.45) is 7.54. The summed E-state index contributed by atoms with van der Waals surface area (Å²) >= 11 is 0. The van der Waals surface area contributed by atoms with Crippen LogP contribution in [0.1, 0.15) is 45.4 Å². The molecule has 1 spiro atoms. The van der Waals surface area contributed by atoms with Crippen molar-refractivity contribution in [1.29, 1.82) is 0 Å². The van der Waals surface area contributed by atoms with Crippen LogP contribution in [-0.2, 0) is 14.3 Å². The van der Waals surface area contributed by atoms with Crippen LogP contribution in [-0.4, -0.2) is 41.3 Å². The van der Waals surface area contributed by atoms with Gasteiger partial charge in [-0.05, 0) is 55.4 Å². The third-order valence-electron chi connectivity index (χ3n) is 6.70. The van der Waals surface area contributed by atoms with Crippen molar-refractivity contribution < 1.29 is 24.5 Å². The average molecular weight is 348 g/mol. The van der Waals surface area contributed by atoms with Crippen LogP contribution in [0.4, 0.5) is 0 Å². The molecule has 5 nitrogen and oxygen atoms in total. The number of ketones is 1. The number of rotatable bonds is 6. The van der Waals surface area contributed by atoms with E-state index in [0.717, 1.165) is 25.7 Å². The monoisotopic (exact) mass is 348 g/mol. The van der Waals surface area contributed by atoms with Crippen molar-refractivity contribution in [2.75, 3.05) is 13.2 Å². The Balaban J connectivity index is 1.70. The number of carbonyl (C=O) groups is 2. The van der Waals surface area contributed by atoms with Crippen LogP contribution in [0.2, 0.25) is 0 Å². The van der Waals surface area contributed by atoms with Crippen molar-refractivity contribution >= 4 is 11.8 Å². The fourth-order valence-electron chi connectivity index (χ4n) is 5.13. The maximum atomic E-state index is 12.7. The fourth-order valence-corrected chi connectivity index (χ4v) is 5.13. The number of aliphatic hydroxyl groups is 2. The number of aliphatic hydroxyl groups excluding tert-OH is 2. The van der Waals surface area contributed by atoms with Gasteiger partial charge in [0.2, 0.25) is 0 Å². The van der Waals surface area contributed by atoms with Gasteiger partial charge in [-0.3, -0.25) is 9.59 Å². The summed E-state index contributed by atoms with van der Waals surface area (Å²) < 4.78 is 4.99. The third-order valence-corrected chi connectivity index (χ3v) is 6.70. The van der Waals surface area contributed by atoms with E-state index >= 15 is 0 Å². The Hall–Kier alpha value is -1.46. The molecule has 0 heterocycles. The van der Waals surface area contributed by atoms with Gasteiger partial charge in [0.1, 0.15) is 12.7 Å². The van der Waals surface area contributed by atoms with Crippen LogP contribution in [0.5, 0.6) is 0 Å². The first-order valence-corrected chi connectivity index (χ1v) is 9.16. The lowest BCUT2D eigenvalue weighted by molar-refractivity contribution is -0.150. The highest BCUT2D eigenvalue weighted by atomic mass is 16.5. The summed E-state index contributed by atoms with van der Waals surface area (Å²) in [5.74, 6) is 0.412. The van der Waals surface area contributed by atoms with E-state index < -0.39 is 24.1 Å². The largest absolute Gasteiger partial charge is 0.463 e. The van der Waals surface area contributed by atoms with Gasteiger partial charge in [-0.15, -0.1) is 0 Å². The molecule has 25 heavy (non-hydrogen) atoms. The molecule has 5 heteroatoms. The number of hydrogen-bond donors (Lipinski definition) is 2. The second kappa shape index (κ2) is 6.69. The molecule has 0 aliphatic heterocycles. The first kappa shape index (κ1) is 18.3. The Morgan fingerprint density at radius 3 is 2.96 bits per heavy atom. The minimum Gasteiger partial charge on any atom is -0.463 e. The predicted molar refractivity (Wildman–Crippen MR) is 92.6 cm³/mol. The molecule has 0 amide bonds. The van der Waals surface area contributed by atoms with Crippen molar-refractivity contribution in [2.24, 2.45) is 22.7 Å². The molecule has 0 saturated heterocycles. The first-order chi connectivity index (χ1) is 11.8. The average Bonchev–Trinajstić information content (AvgIpc) is 2.61. The SMILES string of the molecule is C=C1C[C@@]23C=CC(=O)[C@@](C)(CCC(=O)OC[C@@H](O)CO)[C@@H]2C[C@@H]1CC3. The number of esters is 1. The Morgan fingerprint density at radius 1 is 1.52 bits per heavy atom. The van der Waals surface area contributed by atoms with Gasteiger partial charge >= 0.3 is 5.97 Å². The number of carbonyl (C=O) groups excluding carboxylic acids is 2. The highest BCUT2D eigenvalue weighted by molar-refractivity contribution is 5.96. The minimum atomic E-state index is -1.05. The molecule has 5 atom stereocenters. The first-order valence-electron chi connectivity index (χ1n) is 9.16. The maximum absolute atomic E-state index is 12.7. The predicted octanol–water partition coefficient (Wildman–Crippen LogP) is 2.17. The smallest absolute Gasteiger partial charge is 0.305 e. The van der Waals surface area contributed by atoms with Gasteiger partial charge in [0.25, 0.3) is 0 Å². The van der Waals surface area contributed by atoms with Gasteiger partial charge in [-0.2, -0.15) is 0 Å². The van der Waals surface area contributed by atoms with Crippen molar-refractivity contribution in [2.45, 2.75) is 51.6 Å². The Labute approximate surface area is 148 Å². The molecule has 3 fully saturated rings. The minimum absolute atomic E-state index is 0.0193. The fraction of sp³-hybridized carbons (Fsp3) is 0.700. The summed E-state index contributed by atoms with van der Waals surface area (Å²) in [6.45, 7) is 5.57. The molecule has 0 unspecified atom stereocenters. The zero-order valence-corrected chi connectivity index (χ0v) is 14.9. The molecular formula is C20H28O5. The van der Waals surface area contributed by atoms with Crippen molar-refractivity contribution in [1.82, 2.24) is 0 Å². The van der Waals surface area contributed by atoms with Crippen LogP contribution in [0.25, 0.3) is 0 Å². The van der Waals surface area contributed by atoms with Crippen LogP contribution in [0, 0.1) is 22.7 Å². The Kier molecular flexibility index (Phi) is 4.91. The van der Waals surface area contributed by atoms with E-state index in [1.165, 1.54) is 5.57 Å². The van der Waals surface area contributed by atoms with Gasteiger partial charge < -0.3 is 14.9 Å². The van der Waals surface area contributed by atoms with E-state index in [9.17, 15) is 14.7 Å². The number of ether oxygens (including phenoxy) is 1. The highest BCUT2D eigenvalue weighted by Gasteiger charge is 2.58. The van der Waals surface area contributed by atoms with E-state index in [2.05, 4.69) is 12.7 Å². The van der Waals surface area contributed by atoms with Crippen molar-refractivity contribution in [3.8, 4) is 0 Å². The standard InChI is InChI=1S/C20H28O5/c1-13-10-20-7-3-14(13)9-16(20)19(2,17(23)4-8-20)6-5-18(24)25-12-15(22)11-21/h4,8,14-16,21-22H,1,3,5-7,9-12H2,2H3/t14-,15-,16-,19-,20+/m0/s1. The second-order valence-corrected chi connectivity index (χ2v) is 8.23. The van der Waals surface area contributed by atoms with Gasteiger partial charge in [0.15, 0.2) is 5.78 Å². The molecule has 0 radical (unpaired) electrons. The van der Waals surface area contributed by atoms with Gasteiger partial charge in [0, 0.05) is 11.8 Å². The molecular weight excluding hydrogens is 320 g/mol. The van der Waals surface area contributed by atoms with E-state index in [4.69, 9.17) is 9.84 Å². The molecule has 4 aliphatic rings. The highest BCUT2D eigenvalue weighted by Crippen LogP contribution is 2.64. The number of hydrogen-bond acceptors (Lipinski definition) is 5. The topological polar surface area (TPSA) is 83.8 Å². The van der Waals surface area contributed by atoms with Gasteiger partial charge in [0.05, 0.1) is 6.61 Å². The maximum Gasteiger partial charge on any atom is 0.305 e. The Morgan fingerprint density at radius 2 is 2.28 bits per heavy atom. The summed E-state index contributed by atoms with van der Waals surface area (Å²) in [6, 6.07) is 0. The normalized spacial score (nSPS) is 37.7. The molecule has 138 valence electrons. The molecule has 4 rings (SSSR count). The van der Waals surface area contributed by atoms with E-state index in [1.54, 1.807) is 6.08 Å². The second-order valence-electron chi connectivity index (χ2n) is 8.23. The molecule has 0 aromatic carbocycles. The van der Waals surface area contributed by atoms with Crippen molar-refractivity contribution in [3.05, 3.63) is 24.3 Å². The van der Waals surface area contributed by atoms with E-state index in [1.807, 2.05) is 6.92 Å². The molecule has 3 saturated carbocycles. The van der Waals surface area contributed by atoms with Crippen LogP contribution in [0.15, 0.2) is 24.3 Å².